The Morgan fingerprint density at radius 3 is 2.63 bits per heavy atom. The number of hydrogen-bond donors (Lipinski definition) is 2. The van der Waals surface area contributed by atoms with Crippen LogP contribution in [-0.4, -0.2) is 32.5 Å². The van der Waals surface area contributed by atoms with Crippen molar-refractivity contribution in [2.24, 2.45) is 5.92 Å². The molecule has 0 aliphatic carbocycles. The molecule has 3 aromatic rings. The standard InChI is InChI=1S/C21H28N4OS/c1-15(2)14-19(25-11-6-7-12-25)21(26)24-18(10-13-27-3)20-22-16-8-4-5-9-17(16)23-20/h4-9,11-12,15,18-19H,10,13-14H2,1-3H3,(H,22,23)(H,24,26)/t18-,19-/m0/s1. The molecule has 0 saturated heterocycles. The number of imidazole rings is 1. The van der Waals surface area contributed by atoms with E-state index in [2.05, 4.69) is 30.4 Å². The first kappa shape index (κ1) is 19.5. The molecule has 2 N–H and O–H groups in total. The summed E-state index contributed by atoms with van der Waals surface area (Å²) >= 11 is 1.78. The Morgan fingerprint density at radius 1 is 1.22 bits per heavy atom. The van der Waals surface area contributed by atoms with E-state index in [-0.39, 0.29) is 18.0 Å². The summed E-state index contributed by atoms with van der Waals surface area (Å²) in [6.45, 7) is 4.29. The van der Waals surface area contributed by atoms with E-state index in [1.807, 2.05) is 53.4 Å². The molecule has 0 bridgehead atoms. The van der Waals surface area contributed by atoms with E-state index in [9.17, 15) is 4.79 Å². The monoisotopic (exact) mass is 384 g/mol. The number of hydrogen-bond acceptors (Lipinski definition) is 3. The average molecular weight is 385 g/mol. The molecule has 5 nitrogen and oxygen atoms in total. The second-order valence-electron chi connectivity index (χ2n) is 7.26. The maximum atomic E-state index is 13.2. The van der Waals surface area contributed by atoms with Gasteiger partial charge in [0.2, 0.25) is 5.91 Å². The first-order valence-corrected chi connectivity index (χ1v) is 10.8. The first-order valence-electron chi connectivity index (χ1n) is 9.45. The van der Waals surface area contributed by atoms with Gasteiger partial charge >= 0.3 is 0 Å². The highest BCUT2D eigenvalue weighted by Gasteiger charge is 2.25. The highest BCUT2D eigenvalue weighted by Crippen LogP contribution is 2.23. The van der Waals surface area contributed by atoms with Gasteiger partial charge in [-0.25, -0.2) is 4.98 Å². The van der Waals surface area contributed by atoms with Gasteiger partial charge in [-0.15, -0.1) is 0 Å². The van der Waals surface area contributed by atoms with E-state index < -0.39 is 0 Å². The van der Waals surface area contributed by atoms with Gasteiger partial charge in [0, 0.05) is 12.4 Å². The van der Waals surface area contributed by atoms with E-state index in [0.29, 0.717) is 5.92 Å². The second kappa shape index (κ2) is 9.13. The Hall–Kier alpha value is -2.21. The van der Waals surface area contributed by atoms with Crippen molar-refractivity contribution < 1.29 is 4.79 Å². The number of aromatic nitrogens is 3. The van der Waals surface area contributed by atoms with Crippen molar-refractivity contribution >= 4 is 28.7 Å². The van der Waals surface area contributed by atoms with Gasteiger partial charge in [-0.1, -0.05) is 26.0 Å². The summed E-state index contributed by atoms with van der Waals surface area (Å²) in [5.41, 5.74) is 1.93. The van der Waals surface area contributed by atoms with Crippen LogP contribution in [0.3, 0.4) is 0 Å². The highest BCUT2D eigenvalue weighted by atomic mass is 32.2. The van der Waals surface area contributed by atoms with Crippen molar-refractivity contribution in [1.82, 2.24) is 19.9 Å². The summed E-state index contributed by atoms with van der Waals surface area (Å²) in [7, 11) is 0. The van der Waals surface area contributed by atoms with E-state index in [1.165, 1.54) is 0 Å². The molecule has 0 spiro atoms. The molecule has 2 aromatic heterocycles. The fourth-order valence-electron chi connectivity index (χ4n) is 3.28. The number of nitrogens with zero attached hydrogens (tertiary/aromatic N) is 2. The maximum Gasteiger partial charge on any atom is 0.243 e. The molecular weight excluding hydrogens is 356 g/mol. The van der Waals surface area contributed by atoms with Crippen molar-refractivity contribution in [2.45, 2.75) is 38.8 Å². The molecule has 0 aliphatic rings. The number of carbonyl (C=O) groups excluding carboxylic acids is 1. The molecular formula is C21H28N4OS. The van der Waals surface area contributed by atoms with Crippen LogP contribution in [0.25, 0.3) is 11.0 Å². The third-order valence-electron chi connectivity index (χ3n) is 4.65. The van der Waals surface area contributed by atoms with Crippen LogP contribution in [0.15, 0.2) is 48.8 Å². The Bertz CT molecular complexity index is 823. The van der Waals surface area contributed by atoms with Gasteiger partial charge in [-0.2, -0.15) is 11.8 Å². The number of aromatic amines is 1. The van der Waals surface area contributed by atoms with Crippen LogP contribution >= 0.6 is 11.8 Å². The number of para-hydroxylation sites is 2. The maximum absolute atomic E-state index is 13.2. The Labute approximate surface area is 165 Å². The van der Waals surface area contributed by atoms with Gasteiger partial charge in [-0.05, 0) is 55.0 Å². The lowest BCUT2D eigenvalue weighted by molar-refractivity contribution is -0.125. The van der Waals surface area contributed by atoms with Gasteiger partial charge < -0.3 is 14.9 Å². The Kier molecular flexibility index (Phi) is 6.61. The number of amides is 1. The SMILES string of the molecule is CSCC[C@H](NC(=O)[C@H](CC(C)C)n1cccc1)c1nc2ccccc2[nH]1. The number of H-pyrrole nitrogens is 1. The van der Waals surface area contributed by atoms with E-state index >= 15 is 0 Å². The van der Waals surface area contributed by atoms with E-state index in [1.54, 1.807) is 11.8 Å². The quantitative estimate of drug-likeness (QED) is 0.568. The van der Waals surface area contributed by atoms with Crippen LogP contribution in [-0.2, 0) is 4.79 Å². The van der Waals surface area contributed by atoms with Crippen LogP contribution in [0.2, 0.25) is 0 Å². The van der Waals surface area contributed by atoms with E-state index in [0.717, 1.165) is 35.5 Å². The molecule has 27 heavy (non-hydrogen) atoms. The number of thioether (sulfide) groups is 1. The Morgan fingerprint density at radius 2 is 1.96 bits per heavy atom. The van der Waals surface area contributed by atoms with Crippen molar-refractivity contribution in [3.8, 4) is 0 Å². The lowest BCUT2D eigenvalue weighted by Gasteiger charge is -2.24. The zero-order chi connectivity index (χ0) is 19.2. The summed E-state index contributed by atoms with van der Waals surface area (Å²) in [5.74, 6) is 2.26. The number of benzene rings is 1. The fraction of sp³-hybridized carbons (Fsp3) is 0.429. The van der Waals surface area contributed by atoms with Crippen molar-refractivity contribution in [1.29, 1.82) is 0 Å². The zero-order valence-corrected chi connectivity index (χ0v) is 17.0. The van der Waals surface area contributed by atoms with Gasteiger partial charge in [0.15, 0.2) is 0 Å². The lowest BCUT2D eigenvalue weighted by Crippen LogP contribution is -2.36. The number of nitrogens with one attached hydrogen (secondary N) is 2. The van der Waals surface area contributed by atoms with Crippen LogP contribution in [0.1, 0.15) is 44.6 Å². The molecule has 1 aromatic carbocycles. The summed E-state index contributed by atoms with van der Waals surface area (Å²) < 4.78 is 2.00. The molecule has 0 radical (unpaired) electrons. The molecule has 1 amide bonds. The molecule has 3 rings (SSSR count). The van der Waals surface area contributed by atoms with E-state index in [4.69, 9.17) is 4.98 Å². The summed E-state index contributed by atoms with van der Waals surface area (Å²) in [5, 5.41) is 3.26. The molecule has 2 atom stereocenters. The largest absolute Gasteiger partial charge is 0.344 e. The third-order valence-corrected chi connectivity index (χ3v) is 5.29. The lowest BCUT2D eigenvalue weighted by atomic mass is 10.0. The van der Waals surface area contributed by atoms with Crippen molar-refractivity contribution in [2.75, 3.05) is 12.0 Å². The molecule has 2 heterocycles. The molecule has 144 valence electrons. The molecule has 0 fully saturated rings. The van der Waals surface area contributed by atoms with Crippen LogP contribution in [0.5, 0.6) is 0 Å². The zero-order valence-electron chi connectivity index (χ0n) is 16.2. The highest BCUT2D eigenvalue weighted by molar-refractivity contribution is 7.98. The molecule has 0 unspecified atom stereocenters. The number of fused-ring (bicyclic) bond motifs is 1. The minimum atomic E-state index is -0.207. The Balaban J connectivity index is 1.82. The van der Waals surface area contributed by atoms with Crippen LogP contribution in [0.4, 0.5) is 0 Å². The fourth-order valence-corrected chi connectivity index (χ4v) is 3.76. The topological polar surface area (TPSA) is 62.7 Å². The van der Waals surface area contributed by atoms with Crippen molar-refractivity contribution in [3.63, 3.8) is 0 Å². The smallest absolute Gasteiger partial charge is 0.243 e. The minimum absolute atomic E-state index is 0.0476. The van der Waals surface area contributed by atoms with Gasteiger partial charge in [0.05, 0.1) is 17.1 Å². The first-order chi connectivity index (χ1) is 13.1. The molecule has 6 heteroatoms. The van der Waals surface area contributed by atoms with Gasteiger partial charge in [0.1, 0.15) is 11.9 Å². The van der Waals surface area contributed by atoms with Crippen LogP contribution < -0.4 is 5.32 Å². The summed E-state index contributed by atoms with van der Waals surface area (Å²) in [6.07, 6.45) is 7.65. The van der Waals surface area contributed by atoms with Crippen molar-refractivity contribution in [3.05, 3.63) is 54.6 Å². The summed E-state index contributed by atoms with van der Waals surface area (Å²) in [4.78, 5) is 21.3. The predicted octanol–water partition coefficient (Wildman–Crippen LogP) is 4.56. The normalized spacial score (nSPS) is 13.8. The summed E-state index contributed by atoms with van der Waals surface area (Å²) in [6, 6.07) is 11.6. The number of carbonyl (C=O) groups is 1. The van der Waals surface area contributed by atoms with Gasteiger partial charge in [-0.3, -0.25) is 4.79 Å². The number of rotatable bonds is 9. The second-order valence-corrected chi connectivity index (χ2v) is 8.24. The predicted molar refractivity (Wildman–Crippen MR) is 113 cm³/mol. The third kappa shape index (κ3) is 4.95. The van der Waals surface area contributed by atoms with Crippen LogP contribution in [0, 0.1) is 5.92 Å². The molecule has 0 saturated carbocycles. The molecule has 0 aliphatic heterocycles. The van der Waals surface area contributed by atoms with Gasteiger partial charge in [0.25, 0.3) is 0 Å². The average Bonchev–Trinajstić information content (AvgIpc) is 3.32. The minimum Gasteiger partial charge on any atom is -0.344 e.